The first-order valence-corrected chi connectivity index (χ1v) is 9.10. The van der Waals surface area contributed by atoms with Crippen molar-refractivity contribution in [2.75, 3.05) is 13.1 Å². The molecular weight excluding hydrogens is 334 g/mol. The van der Waals surface area contributed by atoms with Gasteiger partial charge in [-0.15, -0.1) is 0 Å². The van der Waals surface area contributed by atoms with Crippen molar-refractivity contribution in [2.45, 2.75) is 45.7 Å². The van der Waals surface area contributed by atoms with Crippen LogP contribution in [0.2, 0.25) is 0 Å². The first-order valence-electron chi connectivity index (χ1n) is 9.10. The van der Waals surface area contributed by atoms with Crippen LogP contribution in [0, 0.1) is 5.92 Å². The van der Waals surface area contributed by atoms with E-state index in [-0.39, 0.29) is 17.3 Å². The van der Waals surface area contributed by atoms with Crippen molar-refractivity contribution < 1.29 is 4.79 Å². The van der Waals surface area contributed by atoms with Crippen LogP contribution in [0.3, 0.4) is 0 Å². The molecule has 2 aromatic rings. The highest BCUT2D eigenvalue weighted by Crippen LogP contribution is 2.24. The monoisotopic (exact) mass is 359 g/mol. The minimum atomic E-state index is -0.526. The second kappa shape index (κ2) is 7.41. The van der Waals surface area contributed by atoms with Gasteiger partial charge in [0.15, 0.2) is 0 Å². The van der Waals surface area contributed by atoms with Gasteiger partial charge in [-0.25, -0.2) is 9.78 Å². The summed E-state index contributed by atoms with van der Waals surface area (Å²) in [5.74, 6) is 0.364. The number of carbonyl (C=O) groups is 1. The Morgan fingerprint density at radius 3 is 2.88 bits per heavy atom. The van der Waals surface area contributed by atoms with Crippen LogP contribution in [-0.4, -0.2) is 44.5 Å². The quantitative estimate of drug-likeness (QED) is 0.834. The van der Waals surface area contributed by atoms with Gasteiger partial charge in [0, 0.05) is 31.9 Å². The highest BCUT2D eigenvalue weighted by molar-refractivity contribution is 5.97. The molecule has 2 atom stereocenters. The summed E-state index contributed by atoms with van der Waals surface area (Å²) in [5, 5.41) is 0.249. The topological polar surface area (TPSA) is 114 Å². The number of aromatic nitrogens is 3. The SMILES string of the molecule is CCCn1c(=O)[nH]c(=O)c2cc(C(=O)N3CCC(C)CC3CN)cnc21. The first-order chi connectivity index (χ1) is 12.5. The van der Waals surface area contributed by atoms with Gasteiger partial charge in [0.2, 0.25) is 0 Å². The van der Waals surface area contributed by atoms with E-state index in [1.807, 2.05) is 6.92 Å². The van der Waals surface area contributed by atoms with Crippen molar-refractivity contribution in [1.82, 2.24) is 19.4 Å². The lowest BCUT2D eigenvalue weighted by Crippen LogP contribution is -2.49. The zero-order valence-corrected chi connectivity index (χ0v) is 15.2. The zero-order chi connectivity index (χ0) is 18.8. The standard InChI is InChI=1S/C18H25N5O3/c1-3-5-23-15-14(16(24)21-18(23)26)8-12(10-20-15)17(25)22-6-4-11(2)7-13(22)9-19/h8,10-11,13H,3-7,9,19H2,1-2H3,(H,21,24,26). The van der Waals surface area contributed by atoms with E-state index in [1.54, 1.807) is 4.90 Å². The Morgan fingerprint density at radius 2 is 2.19 bits per heavy atom. The summed E-state index contributed by atoms with van der Waals surface area (Å²) in [4.78, 5) is 45.5. The molecule has 1 aliphatic heterocycles. The third-order valence-electron chi connectivity index (χ3n) is 5.04. The normalized spacial score (nSPS) is 20.5. The lowest BCUT2D eigenvalue weighted by atomic mass is 9.92. The number of aryl methyl sites for hydroxylation is 1. The Bertz CT molecular complexity index is 933. The number of carbonyl (C=O) groups excluding carboxylic acids is 1. The Balaban J connectivity index is 2.02. The number of fused-ring (bicyclic) bond motifs is 1. The zero-order valence-electron chi connectivity index (χ0n) is 15.2. The summed E-state index contributed by atoms with van der Waals surface area (Å²) >= 11 is 0. The molecule has 3 N–H and O–H groups in total. The molecule has 2 aromatic heterocycles. The van der Waals surface area contributed by atoms with Crippen LogP contribution in [0.25, 0.3) is 11.0 Å². The molecule has 0 aliphatic carbocycles. The lowest BCUT2D eigenvalue weighted by Gasteiger charge is -2.38. The van der Waals surface area contributed by atoms with Gasteiger partial charge in [-0.3, -0.25) is 19.1 Å². The second-order valence-electron chi connectivity index (χ2n) is 7.02. The van der Waals surface area contributed by atoms with Gasteiger partial charge in [-0.05, 0) is 31.2 Å². The number of likely N-dealkylation sites (tertiary alicyclic amines) is 1. The van der Waals surface area contributed by atoms with E-state index in [9.17, 15) is 14.4 Å². The van der Waals surface area contributed by atoms with E-state index < -0.39 is 11.2 Å². The molecule has 3 rings (SSSR count). The molecule has 26 heavy (non-hydrogen) atoms. The molecule has 0 bridgehead atoms. The van der Waals surface area contributed by atoms with Gasteiger partial charge in [-0.2, -0.15) is 0 Å². The molecule has 3 heterocycles. The van der Waals surface area contributed by atoms with Crippen molar-refractivity contribution in [1.29, 1.82) is 0 Å². The smallest absolute Gasteiger partial charge is 0.329 e. The summed E-state index contributed by atoms with van der Waals surface area (Å²) in [6, 6.07) is 1.52. The number of nitrogens with zero attached hydrogens (tertiary/aromatic N) is 3. The molecule has 1 amide bonds. The van der Waals surface area contributed by atoms with Crippen LogP contribution in [0.5, 0.6) is 0 Å². The molecule has 1 aliphatic rings. The molecule has 0 aromatic carbocycles. The van der Waals surface area contributed by atoms with Crippen molar-refractivity contribution in [3.05, 3.63) is 38.7 Å². The number of rotatable bonds is 4. The number of pyridine rings is 1. The summed E-state index contributed by atoms with van der Waals surface area (Å²) in [6.07, 6.45) is 3.98. The van der Waals surface area contributed by atoms with Crippen molar-refractivity contribution in [2.24, 2.45) is 11.7 Å². The summed E-state index contributed by atoms with van der Waals surface area (Å²) < 4.78 is 1.43. The molecule has 8 nitrogen and oxygen atoms in total. The average Bonchev–Trinajstić information content (AvgIpc) is 2.64. The van der Waals surface area contributed by atoms with Gasteiger partial charge < -0.3 is 10.6 Å². The summed E-state index contributed by atoms with van der Waals surface area (Å²) in [6.45, 7) is 5.60. The average molecular weight is 359 g/mol. The van der Waals surface area contributed by atoms with Gasteiger partial charge >= 0.3 is 5.69 Å². The van der Waals surface area contributed by atoms with Crippen LogP contribution < -0.4 is 17.0 Å². The molecule has 1 saturated heterocycles. The van der Waals surface area contributed by atoms with E-state index in [0.29, 0.717) is 36.8 Å². The highest BCUT2D eigenvalue weighted by atomic mass is 16.2. The second-order valence-corrected chi connectivity index (χ2v) is 7.02. The molecular formula is C18H25N5O3. The van der Waals surface area contributed by atoms with E-state index in [1.165, 1.54) is 16.8 Å². The van der Waals surface area contributed by atoms with Crippen LogP contribution >= 0.6 is 0 Å². The van der Waals surface area contributed by atoms with Crippen LogP contribution in [0.1, 0.15) is 43.5 Å². The Labute approximate surface area is 151 Å². The number of aromatic amines is 1. The molecule has 0 saturated carbocycles. The minimum Gasteiger partial charge on any atom is -0.334 e. The van der Waals surface area contributed by atoms with Crippen molar-refractivity contribution >= 4 is 16.9 Å². The fourth-order valence-corrected chi connectivity index (χ4v) is 3.62. The van der Waals surface area contributed by atoms with Crippen molar-refractivity contribution in [3.63, 3.8) is 0 Å². The predicted octanol–water partition coefficient (Wildman–Crippen LogP) is 0.694. The largest absolute Gasteiger partial charge is 0.334 e. The maximum Gasteiger partial charge on any atom is 0.329 e. The van der Waals surface area contributed by atoms with E-state index >= 15 is 0 Å². The fraction of sp³-hybridized carbons (Fsp3) is 0.556. The van der Waals surface area contributed by atoms with Crippen LogP contribution in [-0.2, 0) is 6.54 Å². The maximum atomic E-state index is 13.0. The maximum absolute atomic E-state index is 13.0. The number of amides is 1. The molecule has 1 fully saturated rings. The number of hydrogen-bond donors (Lipinski definition) is 2. The number of piperidine rings is 1. The number of nitrogens with one attached hydrogen (secondary N) is 1. The molecule has 8 heteroatoms. The Hall–Kier alpha value is -2.48. The van der Waals surface area contributed by atoms with Gasteiger partial charge in [0.05, 0.1) is 10.9 Å². The number of H-pyrrole nitrogens is 1. The number of nitrogens with two attached hydrogens (primary N) is 1. The third-order valence-corrected chi connectivity index (χ3v) is 5.04. The molecule has 140 valence electrons. The van der Waals surface area contributed by atoms with E-state index in [4.69, 9.17) is 5.73 Å². The molecule has 0 spiro atoms. The molecule has 2 unspecified atom stereocenters. The molecule has 0 radical (unpaired) electrons. The van der Waals surface area contributed by atoms with Gasteiger partial charge in [-0.1, -0.05) is 13.8 Å². The minimum absolute atomic E-state index is 0.00530. The van der Waals surface area contributed by atoms with E-state index in [0.717, 1.165) is 19.3 Å². The van der Waals surface area contributed by atoms with E-state index in [2.05, 4.69) is 16.9 Å². The van der Waals surface area contributed by atoms with Crippen LogP contribution in [0.15, 0.2) is 21.9 Å². The Morgan fingerprint density at radius 1 is 1.42 bits per heavy atom. The summed E-state index contributed by atoms with van der Waals surface area (Å²) in [5.41, 5.74) is 5.50. The number of hydrogen-bond acceptors (Lipinski definition) is 5. The highest BCUT2D eigenvalue weighted by Gasteiger charge is 2.30. The fourth-order valence-electron chi connectivity index (χ4n) is 3.62. The summed E-state index contributed by atoms with van der Waals surface area (Å²) in [7, 11) is 0. The third kappa shape index (κ3) is 3.29. The van der Waals surface area contributed by atoms with Gasteiger partial charge in [0.1, 0.15) is 5.65 Å². The Kier molecular flexibility index (Phi) is 5.22. The van der Waals surface area contributed by atoms with Crippen molar-refractivity contribution in [3.8, 4) is 0 Å². The van der Waals surface area contributed by atoms with Gasteiger partial charge in [0.25, 0.3) is 11.5 Å². The van der Waals surface area contributed by atoms with Crippen LogP contribution in [0.4, 0.5) is 0 Å². The first kappa shape index (κ1) is 18.3. The lowest BCUT2D eigenvalue weighted by molar-refractivity contribution is 0.0573. The predicted molar refractivity (Wildman–Crippen MR) is 99.2 cm³/mol.